The molecule has 42 heavy (non-hydrogen) atoms. The van der Waals surface area contributed by atoms with E-state index >= 15 is 0 Å². The zero-order chi connectivity index (χ0) is 31.2. The summed E-state index contributed by atoms with van der Waals surface area (Å²) in [5.41, 5.74) is 5.33. The number of phosphoric ester groups is 1. The van der Waals surface area contributed by atoms with E-state index in [1.54, 1.807) is 6.08 Å². The molecule has 0 radical (unpaired) electrons. The van der Waals surface area contributed by atoms with Gasteiger partial charge < -0.3 is 21.1 Å². The molecule has 0 heterocycles. The normalized spacial score (nSPS) is 14.9. The summed E-state index contributed by atoms with van der Waals surface area (Å²) < 4.78 is 21.9. The monoisotopic (exact) mass is 616 g/mol. The molecule has 8 nitrogen and oxygen atoms in total. The van der Waals surface area contributed by atoms with Gasteiger partial charge in [0.05, 0.1) is 25.4 Å². The van der Waals surface area contributed by atoms with Crippen LogP contribution in [0.25, 0.3) is 0 Å². The second-order valence-electron chi connectivity index (χ2n) is 11.4. The molecule has 0 saturated carbocycles. The molecule has 5 N–H and O–H groups in total. The van der Waals surface area contributed by atoms with Crippen molar-refractivity contribution in [2.75, 3.05) is 19.8 Å². The number of hydrogen-bond acceptors (Lipinski definition) is 6. The van der Waals surface area contributed by atoms with Crippen LogP contribution in [0, 0.1) is 0 Å². The van der Waals surface area contributed by atoms with Crippen molar-refractivity contribution in [1.82, 2.24) is 5.32 Å². The molecule has 1 amide bonds. The van der Waals surface area contributed by atoms with E-state index < -0.39 is 20.0 Å². The first-order valence-corrected chi connectivity index (χ1v) is 18.5. The van der Waals surface area contributed by atoms with Crippen molar-refractivity contribution in [2.24, 2.45) is 5.73 Å². The van der Waals surface area contributed by atoms with Gasteiger partial charge in [0, 0.05) is 13.0 Å². The summed E-state index contributed by atoms with van der Waals surface area (Å²) in [6, 6.07) is -0.869. The maximum atomic E-state index is 12.6. The van der Waals surface area contributed by atoms with Gasteiger partial charge >= 0.3 is 7.82 Å². The van der Waals surface area contributed by atoms with Crippen LogP contribution in [0.4, 0.5) is 0 Å². The fourth-order valence-corrected chi connectivity index (χ4v) is 5.43. The number of carbonyl (C=O) groups is 1. The van der Waals surface area contributed by atoms with E-state index in [4.69, 9.17) is 14.8 Å². The molecule has 0 aliphatic carbocycles. The van der Waals surface area contributed by atoms with E-state index in [9.17, 15) is 19.4 Å². The topological polar surface area (TPSA) is 131 Å². The molecule has 3 unspecified atom stereocenters. The fraction of sp³-hybridized carbons (Fsp3) is 0.848. The first-order valence-electron chi connectivity index (χ1n) is 17.0. The summed E-state index contributed by atoms with van der Waals surface area (Å²) in [7, 11) is -4.33. The van der Waals surface area contributed by atoms with Crippen LogP contribution in [0.5, 0.6) is 0 Å². The molecule has 0 fully saturated rings. The quantitative estimate of drug-likeness (QED) is 0.0350. The van der Waals surface area contributed by atoms with Crippen LogP contribution in [0.1, 0.15) is 149 Å². The highest BCUT2D eigenvalue weighted by molar-refractivity contribution is 7.47. The highest BCUT2D eigenvalue weighted by Crippen LogP contribution is 2.43. The molecule has 0 spiro atoms. The van der Waals surface area contributed by atoms with E-state index in [1.807, 2.05) is 6.08 Å². The average molecular weight is 617 g/mol. The molecule has 0 aromatic rings. The largest absolute Gasteiger partial charge is 0.472 e. The van der Waals surface area contributed by atoms with E-state index in [0.29, 0.717) is 6.42 Å². The van der Waals surface area contributed by atoms with Crippen LogP contribution in [0.2, 0.25) is 0 Å². The number of phosphoric acid groups is 1. The molecule has 248 valence electrons. The number of unbranched alkanes of at least 4 members (excludes halogenated alkanes) is 17. The van der Waals surface area contributed by atoms with Gasteiger partial charge in [-0.15, -0.1) is 0 Å². The summed E-state index contributed by atoms with van der Waals surface area (Å²) >= 11 is 0. The molecule has 0 aromatic heterocycles. The summed E-state index contributed by atoms with van der Waals surface area (Å²) in [5.74, 6) is -0.210. The van der Waals surface area contributed by atoms with Crippen molar-refractivity contribution >= 4 is 13.7 Å². The Morgan fingerprint density at radius 1 is 0.762 bits per heavy atom. The zero-order valence-electron chi connectivity index (χ0n) is 27.0. The Morgan fingerprint density at radius 3 is 1.83 bits per heavy atom. The Hall–Kier alpha value is -1.02. The third-order valence-corrected chi connectivity index (χ3v) is 8.26. The number of aliphatic hydroxyl groups is 1. The number of allylic oxidation sites excluding steroid dienone is 3. The molecule has 3 atom stereocenters. The van der Waals surface area contributed by atoms with Gasteiger partial charge in [-0.1, -0.05) is 134 Å². The third-order valence-electron chi connectivity index (χ3n) is 7.28. The third kappa shape index (κ3) is 27.8. The highest BCUT2D eigenvalue weighted by Gasteiger charge is 2.26. The van der Waals surface area contributed by atoms with Crippen LogP contribution in [-0.2, 0) is 18.4 Å². The van der Waals surface area contributed by atoms with Crippen molar-refractivity contribution in [3.8, 4) is 0 Å². The number of carbonyl (C=O) groups excluding carboxylic acids is 1. The molecule has 0 bridgehead atoms. The highest BCUT2D eigenvalue weighted by atomic mass is 31.2. The SMILES string of the molecule is CCCCCCCCCC/C=C/CC/C=C/C(O)C(COP(=O)(O)OCCN)NC(=O)CCCCCCCCCCC. The van der Waals surface area contributed by atoms with Gasteiger partial charge in [0.25, 0.3) is 0 Å². The predicted molar refractivity (Wildman–Crippen MR) is 175 cm³/mol. The van der Waals surface area contributed by atoms with Crippen LogP contribution in [0.15, 0.2) is 24.3 Å². The van der Waals surface area contributed by atoms with E-state index in [2.05, 4.69) is 31.3 Å². The Kier molecular flexibility index (Phi) is 29.3. The summed E-state index contributed by atoms with van der Waals surface area (Å²) in [6.45, 7) is 4.05. The lowest BCUT2D eigenvalue weighted by molar-refractivity contribution is -0.123. The van der Waals surface area contributed by atoms with Gasteiger partial charge in [0.15, 0.2) is 0 Å². The van der Waals surface area contributed by atoms with E-state index in [0.717, 1.165) is 38.5 Å². The van der Waals surface area contributed by atoms with Gasteiger partial charge in [-0.3, -0.25) is 13.8 Å². The molecule has 0 aliphatic rings. The maximum absolute atomic E-state index is 12.6. The Bertz CT molecular complexity index is 719. The second-order valence-corrected chi connectivity index (χ2v) is 12.8. The number of nitrogens with two attached hydrogens (primary N) is 1. The lowest BCUT2D eigenvalue weighted by Crippen LogP contribution is -2.45. The molecule has 0 rings (SSSR count). The van der Waals surface area contributed by atoms with Crippen molar-refractivity contribution < 1.29 is 28.4 Å². The minimum Gasteiger partial charge on any atom is -0.387 e. The van der Waals surface area contributed by atoms with Gasteiger partial charge in [-0.05, 0) is 32.1 Å². The second kappa shape index (κ2) is 30.0. The number of nitrogens with one attached hydrogen (secondary N) is 1. The Labute approximate surface area is 257 Å². The average Bonchev–Trinajstić information content (AvgIpc) is 2.97. The maximum Gasteiger partial charge on any atom is 0.472 e. The first kappa shape index (κ1) is 41.0. The van der Waals surface area contributed by atoms with Crippen LogP contribution >= 0.6 is 7.82 Å². The van der Waals surface area contributed by atoms with Crippen molar-refractivity contribution in [2.45, 2.75) is 161 Å². The number of aliphatic hydroxyl groups excluding tert-OH is 1. The zero-order valence-corrected chi connectivity index (χ0v) is 27.9. The van der Waals surface area contributed by atoms with Gasteiger partial charge in [-0.2, -0.15) is 0 Å². The number of rotatable bonds is 31. The van der Waals surface area contributed by atoms with E-state index in [1.165, 1.54) is 89.9 Å². The minimum atomic E-state index is -4.33. The van der Waals surface area contributed by atoms with Crippen molar-refractivity contribution in [1.29, 1.82) is 0 Å². The molecule has 0 aliphatic heterocycles. The molecule has 0 aromatic carbocycles. The lowest BCUT2D eigenvalue weighted by Gasteiger charge is -2.23. The Morgan fingerprint density at radius 2 is 1.26 bits per heavy atom. The molecular weight excluding hydrogens is 551 g/mol. The van der Waals surface area contributed by atoms with Gasteiger partial charge in [0.2, 0.25) is 5.91 Å². The predicted octanol–water partition coefficient (Wildman–Crippen LogP) is 8.27. The standard InChI is InChI=1S/C33H65N2O6P/c1-3-5-7-9-11-13-14-15-16-17-19-20-22-24-26-32(36)31(30-41-42(38,39)40-29-28-34)35-33(37)27-25-23-21-18-12-10-8-6-4-2/h17,19,24,26,31-32,36H,3-16,18,20-23,25,27-30,34H2,1-2H3,(H,35,37)(H,38,39)/b19-17+,26-24+. The number of hydrogen-bond donors (Lipinski definition) is 4. The fourth-order valence-electron chi connectivity index (χ4n) is 4.67. The summed E-state index contributed by atoms with van der Waals surface area (Å²) in [6.07, 6.45) is 30.8. The minimum absolute atomic E-state index is 0.0751. The number of amides is 1. The van der Waals surface area contributed by atoms with Crippen LogP contribution in [-0.4, -0.2) is 47.8 Å². The van der Waals surface area contributed by atoms with Crippen LogP contribution in [0.3, 0.4) is 0 Å². The summed E-state index contributed by atoms with van der Waals surface area (Å²) in [5, 5.41) is 13.5. The van der Waals surface area contributed by atoms with Gasteiger partial charge in [0.1, 0.15) is 0 Å². The Balaban J connectivity index is 4.45. The molecule has 9 heteroatoms. The van der Waals surface area contributed by atoms with Gasteiger partial charge in [-0.25, -0.2) is 4.57 Å². The first-order chi connectivity index (χ1) is 20.4. The smallest absolute Gasteiger partial charge is 0.387 e. The molecular formula is C33H65N2O6P. The van der Waals surface area contributed by atoms with E-state index in [-0.39, 0.29) is 25.7 Å². The van der Waals surface area contributed by atoms with Crippen molar-refractivity contribution in [3.63, 3.8) is 0 Å². The molecule has 0 saturated heterocycles. The van der Waals surface area contributed by atoms with Crippen LogP contribution < -0.4 is 11.1 Å². The summed E-state index contributed by atoms with van der Waals surface area (Å²) in [4.78, 5) is 22.4. The lowest BCUT2D eigenvalue weighted by atomic mass is 10.1. The van der Waals surface area contributed by atoms with Crippen molar-refractivity contribution in [3.05, 3.63) is 24.3 Å².